The van der Waals surface area contributed by atoms with Crippen molar-refractivity contribution in [3.63, 3.8) is 0 Å². The van der Waals surface area contributed by atoms with Gasteiger partial charge in [-0.3, -0.25) is 0 Å². The van der Waals surface area contributed by atoms with E-state index in [-0.39, 0.29) is 0 Å². The van der Waals surface area contributed by atoms with Crippen molar-refractivity contribution in [2.75, 3.05) is 0 Å². The Balaban J connectivity index is 1.38. The highest BCUT2D eigenvalue weighted by molar-refractivity contribution is 7.19. The van der Waals surface area contributed by atoms with Gasteiger partial charge in [0.1, 0.15) is 0 Å². The van der Waals surface area contributed by atoms with Gasteiger partial charge in [0.05, 0.1) is 45.9 Å². The molecule has 0 saturated heterocycles. The maximum absolute atomic E-state index is 10.4. The van der Waals surface area contributed by atoms with Gasteiger partial charge in [0, 0.05) is 22.0 Å². The second-order valence-electron chi connectivity index (χ2n) is 12.3. The van der Waals surface area contributed by atoms with Gasteiger partial charge < -0.3 is 4.57 Å². The molecule has 0 aliphatic carbocycles. The summed E-state index contributed by atoms with van der Waals surface area (Å²) in [5, 5.41) is 36.6. The molecule has 0 spiro atoms. The third kappa shape index (κ3) is 4.88. The molecule has 0 saturated carbocycles. The fourth-order valence-electron chi connectivity index (χ4n) is 7.43. The number of nitrogens with zero attached hydrogens (tertiary/aromatic N) is 4. The number of fused-ring (bicyclic) bond motifs is 3. The minimum Gasteiger partial charge on any atom is -0.309 e. The zero-order valence-electron chi connectivity index (χ0n) is 27.0. The number of rotatable bonds is 6. The van der Waals surface area contributed by atoms with Gasteiger partial charge in [0.25, 0.3) is 0 Å². The molecule has 50 heavy (non-hydrogen) atoms. The van der Waals surface area contributed by atoms with Crippen LogP contribution in [0.2, 0.25) is 0 Å². The normalized spacial score (nSPS) is 11.1. The zero-order chi connectivity index (χ0) is 34.1. The van der Waals surface area contributed by atoms with Crippen LogP contribution in [-0.4, -0.2) is 12.6 Å². The van der Waals surface area contributed by atoms with E-state index in [1.165, 1.54) is 20.7 Å². The summed E-state index contributed by atoms with van der Waals surface area (Å²) in [6, 6.07) is 65.3. The lowest BCUT2D eigenvalue weighted by Gasteiger charge is -2.34. The first-order valence-electron chi connectivity index (χ1n) is 16.4. The largest absolute Gasteiger partial charge is 0.309 e. The van der Waals surface area contributed by atoms with Crippen molar-refractivity contribution in [1.29, 1.82) is 15.8 Å². The molecule has 8 rings (SSSR count). The van der Waals surface area contributed by atoms with Gasteiger partial charge in [-0.15, -0.1) is 0 Å². The van der Waals surface area contributed by atoms with Crippen LogP contribution in [0.1, 0.15) is 16.7 Å². The van der Waals surface area contributed by atoms with Crippen LogP contribution in [0.5, 0.6) is 0 Å². The summed E-state index contributed by atoms with van der Waals surface area (Å²) in [7, 11) is -2.79. The lowest BCUT2D eigenvalue weighted by atomic mass is 9.99. The van der Waals surface area contributed by atoms with E-state index in [1.54, 1.807) is 0 Å². The molecule has 0 amide bonds. The van der Waals surface area contributed by atoms with E-state index >= 15 is 0 Å². The predicted octanol–water partition coefficient (Wildman–Crippen LogP) is 7.44. The van der Waals surface area contributed by atoms with Crippen LogP contribution < -0.4 is 20.7 Å². The first-order chi connectivity index (χ1) is 24.6. The lowest BCUT2D eigenvalue weighted by molar-refractivity contribution is 1.18. The highest BCUT2D eigenvalue weighted by Gasteiger charge is 2.41. The molecule has 0 bridgehead atoms. The minimum atomic E-state index is -2.79. The van der Waals surface area contributed by atoms with Crippen LogP contribution in [-0.2, 0) is 0 Å². The fourth-order valence-corrected chi connectivity index (χ4v) is 12.2. The van der Waals surface area contributed by atoms with Crippen LogP contribution >= 0.6 is 0 Å². The first-order valence-corrected chi connectivity index (χ1v) is 18.4. The Kier molecular flexibility index (Phi) is 7.63. The summed E-state index contributed by atoms with van der Waals surface area (Å²) in [5.74, 6) is 0. The molecule has 0 aliphatic rings. The number of hydrogen-bond acceptors (Lipinski definition) is 3. The summed E-state index contributed by atoms with van der Waals surface area (Å²) >= 11 is 0. The van der Waals surface area contributed by atoms with E-state index in [4.69, 9.17) is 0 Å². The van der Waals surface area contributed by atoms with Gasteiger partial charge in [-0.1, -0.05) is 115 Å². The monoisotopic (exact) mass is 652 g/mol. The third-order valence-electron chi connectivity index (χ3n) is 9.63. The molecule has 5 heteroatoms. The van der Waals surface area contributed by atoms with Crippen molar-refractivity contribution in [2.45, 2.75) is 0 Å². The van der Waals surface area contributed by atoms with E-state index in [0.717, 1.165) is 38.6 Å². The maximum Gasteiger partial charge on any atom is 0.179 e. The SMILES string of the molecule is N#Cc1ccc2c(c1)c1cc(C#N)ccc1n2-c1ccc(C#N)c(-c2cccc([Si](c3ccccc3)(c3ccccc3)c3ccccc3)c2)c1. The Hall–Kier alpha value is -6.97. The van der Waals surface area contributed by atoms with Crippen molar-refractivity contribution in [3.05, 3.63) is 187 Å². The Labute approximate surface area is 291 Å². The summed E-state index contributed by atoms with van der Waals surface area (Å²) in [4.78, 5) is 0. The van der Waals surface area contributed by atoms with Crippen LogP contribution in [0, 0.1) is 34.0 Å². The van der Waals surface area contributed by atoms with Gasteiger partial charge in [-0.25, -0.2) is 0 Å². The molecule has 0 fully saturated rings. The molecule has 0 radical (unpaired) electrons. The quantitative estimate of drug-likeness (QED) is 0.138. The second kappa shape index (κ2) is 12.6. The lowest BCUT2D eigenvalue weighted by Crippen LogP contribution is -2.74. The molecule has 4 nitrogen and oxygen atoms in total. The van der Waals surface area contributed by atoms with E-state index in [0.29, 0.717) is 16.7 Å². The molecule has 0 N–H and O–H groups in total. The van der Waals surface area contributed by atoms with Gasteiger partial charge in [-0.05, 0) is 80.9 Å². The maximum atomic E-state index is 10.4. The zero-order valence-corrected chi connectivity index (χ0v) is 28.0. The molecular weight excluding hydrogens is 625 g/mol. The molecule has 7 aromatic carbocycles. The molecular formula is C45H28N4Si. The van der Waals surface area contributed by atoms with Crippen LogP contribution in [0.15, 0.2) is 170 Å². The van der Waals surface area contributed by atoms with E-state index in [2.05, 4.69) is 144 Å². The van der Waals surface area contributed by atoms with E-state index in [1.807, 2.05) is 48.5 Å². The van der Waals surface area contributed by atoms with Crippen LogP contribution in [0.4, 0.5) is 0 Å². The molecule has 0 aliphatic heterocycles. The molecule has 1 heterocycles. The highest BCUT2D eigenvalue weighted by atomic mass is 28.3. The molecule has 232 valence electrons. The smallest absolute Gasteiger partial charge is 0.179 e. The average Bonchev–Trinajstić information content (AvgIpc) is 3.52. The number of aromatic nitrogens is 1. The molecule has 0 atom stereocenters. The topological polar surface area (TPSA) is 76.3 Å². The predicted molar refractivity (Wildman–Crippen MR) is 204 cm³/mol. The van der Waals surface area contributed by atoms with Crippen molar-refractivity contribution in [1.82, 2.24) is 4.57 Å². The average molecular weight is 653 g/mol. The van der Waals surface area contributed by atoms with E-state index < -0.39 is 8.07 Å². The van der Waals surface area contributed by atoms with Gasteiger partial charge >= 0.3 is 0 Å². The number of nitriles is 3. The van der Waals surface area contributed by atoms with Crippen molar-refractivity contribution in [2.24, 2.45) is 0 Å². The third-order valence-corrected chi connectivity index (χ3v) is 14.4. The van der Waals surface area contributed by atoms with Crippen molar-refractivity contribution in [3.8, 4) is 35.0 Å². The Morgan fingerprint density at radius 2 is 0.920 bits per heavy atom. The van der Waals surface area contributed by atoms with Gasteiger partial charge in [0.2, 0.25) is 0 Å². The molecule has 8 aromatic rings. The molecule has 1 aromatic heterocycles. The molecule has 0 unspecified atom stereocenters. The summed E-state index contributed by atoms with van der Waals surface area (Å²) in [5.41, 5.74) is 6.21. The van der Waals surface area contributed by atoms with Gasteiger partial charge in [-0.2, -0.15) is 15.8 Å². The summed E-state index contributed by atoms with van der Waals surface area (Å²) < 4.78 is 2.15. The fraction of sp³-hybridized carbons (Fsp3) is 0. The Bertz CT molecular complexity index is 2510. The van der Waals surface area contributed by atoms with Crippen LogP contribution in [0.25, 0.3) is 38.6 Å². The second-order valence-corrected chi connectivity index (χ2v) is 16.1. The number of hydrogen-bond donors (Lipinski definition) is 0. The summed E-state index contributed by atoms with van der Waals surface area (Å²) in [6.07, 6.45) is 0. The standard InChI is InChI=1S/C45H28N4Si/c46-29-32-19-23-44-42(25-32)43-26-33(30-47)20-24-45(43)49(44)36-22-21-35(31-48)41(28-36)34-11-10-18-40(27-34)50(37-12-4-1-5-13-37,38-14-6-2-7-15-38)39-16-8-3-9-17-39/h1-28H. The summed E-state index contributed by atoms with van der Waals surface area (Å²) in [6.45, 7) is 0. The van der Waals surface area contributed by atoms with Gasteiger partial charge in [0.15, 0.2) is 8.07 Å². The Morgan fingerprint density at radius 3 is 1.40 bits per heavy atom. The van der Waals surface area contributed by atoms with E-state index in [9.17, 15) is 15.8 Å². The Morgan fingerprint density at radius 1 is 0.420 bits per heavy atom. The highest BCUT2D eigenvalue weighted by Crippen LogP contribution is 2.35. The van der Waals surface area contributed by atoms with Crippen molar-refractivity contribution >= 4 is 50.6 Å². The first kappa shape index (κ1) is 30.4. The number of benzene rings is 7. The minimum absolute atomic E-state index is 0.555. The van der Waals surface area contributed by atoms with Crippen LogP contribution in [0.3, 0.4) is 0 Å². The van der Waals surface area contributed by atoms with Crippen molar-refractivity contribution < 1.29 is 0 Å².